The van der Waals surface area contributed by atoms with Crippen molar-refractivity contribution in [2.45, 2.75) is 6.85 Å². The number of aromatic nitrogens is 2. The molecule has 2 aromatic heterocycles. The molecule has 0 amide bonds. The molecule has 1 N–H and O–H groups in total. The molecule has 1 aliphatic rings. The van der Waals surface area contributed by atoms with Gasteiger partial charge in [0.1, 0.15) is 22.9 Å². The van der Waals surface area contributed by atoms with Crippen molar-refractivity contribution >= 4 is 44.6 Å². The first kappa shape index (κ1) is 23.6. The standard InChI is InChI=1S/C36H24N4O2.Pt/c1-25-20-21-37-36(22-25)38-32-15-6-5-14-30(32)31-19-18-29(24-35(31)38)41-28-13-9-12-27(23-28)40-34-17-8-7-16-33(34)39(42-40)26-10-3-2-4-11-26;/h2-22H,1H3;/q-2;/p+1/i1D3;. The zero-order valence-corrected chi connectivity index (χ0v) is 24.9. The molecule has 1 aliphatic heterocycles. The fraction of sp³-hybridized carbons (Fsp3) is 0.0278. The van der Waals surface area contributed by atoms with Gasteiger partial charge >= 0.3 is 0 Å². The number of nitrogens with zero attached hydrogens (tertiary/aromatic N) is 4. The van der Waals surface area contributed by atoms with Gasteiger partial charge in [-0.3, -0.25) is 0 Å². The molecule has 8 rings (SSSR count). The topological polar surface area (TPSA) is 46.3 Å². The minimum atomic E-state index is -2.25. The van der Waals surface area contributed by atoms with Crippen LogP contribution in [0, 0.1) is 19.0 Å². The smallest absolute Gasteiger partial charge is 0.148 e. The van der Waals surface area contributed by atoms with Gasteiger partial charge in [-0.2, -0.15) is 17.1 Å². The maximum atomic E-state index is 7.91. The number of ether oxygens (including phenoxy) is 1. The first-order valence-electron chi connectivity index (χ1n) is 15.0. The Morgan fingerprint density at radius 2 is 1.49 bits per heavy atom. The summed E-state index contributed by atoms with van der Waals surface area (Å²) in [5.41, 5.74) is 5.41. The van der Waals surface area contributed by atoms with E-state index in [4.69, 9.17) is 13.8 Å². The molecule has 0 saturated carbocycles. The zero-order valence-electron chi connectivity index (χ0n) is 25.6. The first-order chi connectivity index (χ1) is 21.9. The summed E-state index contributed by atoms with van der Waals surface area (Å²) in [6, 6.07) is 45.5. The summed E-state index contributed by atoms with van der Waals surface area (Å²) in [6.45, 7) is -2.25. The van der Waals surface area contributed by atoms with E-state index in [1.54, 1.807) is 6.07 Å². The summed E-state index contributed by atoms with van der Waals surface area (Å²) in [7, 11) is 0. The van der Waals surface area contributed by atoms with Gasteiger partial charge in [0.05, 0.1) is 0 Å². The minimum absolute atomic E-state index is 0. The fourth-order valence-corrected chi connectivity index (χ4v) is 5.40. The normalized spacial score (nSPS) is 13.7. The Balaban J connectivity index is 0.00000338. The van der Waals surface area contributed by atoms with Crippen molar-refractivity contribution < 1.29 is 34.9 Å². The van der Waals surface area contributed by atoms with Crippen LogP contribution in [0.25, 0.3) is 27.6 Å². The Hall–Kier alpha value is -4.90. The largest absolute Gasteiger partial charge is 0.509 e. The molecule has 0 unspecified atom stereocenters. The minimum Gasteiger partial charge on any atom is -0.509 e. The summed E-state index contributed by atoms with van der Waals surface area (Å²) in [6.07, 6.45) is 1.53. The average molecular weight is 744 g/mol. The van der Waals surface area contributed by atoms with Crippen LogP contribution in [0.15, 0.2) is 128 Å². The monoisotopic (exact) mass is 743 g/mol. The number of aryl methyl sites for hydroxylation is 1. The number of hydrogen-bond acceptors (Lipinski definition) is 4. The summed E-state index contributed by atoms with van der Waals surface area (Å²) < 4.78 is 32.0. The molecule has 7 heteroatoms. The first-order valence-corrected chi connectivity index (χ1v) is 13.5. The van der Waals surface area contributed by atoms with E-state index in [0.717, 1.165) is 44.6 Å². The molecule has 3 heterocycles. The molecule has 0 bridgehead atoms. The molecule has 6 nitrogen and oxygen atoms in total. The second kappa shape index (κ2) is 11.1. The van der Waals surface area contributed by atoms with Gasteiger partial charge in [0, 0.05) is 54.1 Å². The SMILES string of the molecule is [2H]C([2H])([2H])c1ccnc(-n2c3[c-]c(Oc4[c-]c(N5[OH+]N(c6ccccc6)c6ccccc65)ccc4)ccc3c3ccccc32)c1.[Pt]. The molecule has 0 saturated heterocycles. The third-order valence-electron chi connectivity index (χ3n) is 7.25. The van der Waals surface area contributed by atoms with Crippen LogP contribution >= 0.6 is 0 Å². The van der Waals surface area contributed by atoms with Gasteiger partial charge < -0.3 is 9.30 Å². The Bertz CT molecular complexity index is 2200. The molecule has 0 atom stereocenters. The molecule has 0 fully saturated rings. The van der Waals surface area contributed by atoms with Crippen LogP contribution in [0.3, 0.4) is 0 Å². The predicted molar refractivity (Wildman–Crippen MR) is 166 cm³/mol. The van der Waals surface area contributed by atoms with Crippen molar-refractivity contribution in [1.82, 2.24) is 9.55 Å². The van der Waals surface area contributed by atoms with Gasteiger partial charge in [0.2, 0.25) is 0 Å². The van der Waals surface area contributed by atoms with Crippen LogP contribution < -0.4 is 14.9 Å². The predicted octanol–water partition coefficient (Wildman–Crippen LogP) is 9.01. The van der Waals surface area contributed by atoms with Gasteiger partial charge in [-0.15, -0.1) is 40.8 Å². The maximum Gasteiger partial charge on any atom is 0.148 e. The molecule has 0 aliphatic carbocycles. The van der Waals surface area contributed by atoms with Gasteiger partial charge in [0.15, 0.2) is 0 Å². The maximum absolute atomic E-state index is 7.91. The van der Waals surface area contributed by atoms with Crippen LogP contribution in [-0.4, -0.2) is 14.5 Å². The van der Waals surface area contributed by atoms with Crippen molar-refractivity contribution in [3.63, 3.8) is 0 Å². The van der Waals surface area contributed by atoms with E-state index >= 15 is 0 Å². The van der Waals surface area contributed by atoms with E-state index in [2.05, 4.69) is 17.1 Å². The van der Waals surface area contributed by atoms with Crippen LogP contribution in [0.2, 0.25) is 0 Å². The van der Waals surface area contributed by atoms with Gasteiger partial charge in [0.25, 0.3) is 0 Å². The van der Waals surface area contributed by atoms with E-state index < -0.39 is 6.85 Å². The Kier molecular flexibility index (Phi) is 6.08. The Morgan fingerprint density at radius 3 is 2.35 bits per heavy atom. The van der Waals surface area contributed by atoms with E-state index in [-0.39, 0.29) is 26.6 Å². The number of pyridine rings is 1. The van der Waals surface area contributed by atoms with Crippen LogP contribution in [0.4, 0.5) is 22.7 Å². The molecular weight excluding hydrogens is 716 g/mol. The van der Waals surface area contributed by atoms with Gasteiger partial charge in [-0.1, -0.05) is 59.1 Å². The Labute approximate surface area is 267 Å². The third-order valence-corrected chi connectivity index (χ3v) is 7.25. The number of para-hydroxylation sites is 4. The van der Waals surface area contributed by atoms with Crippen LogP contribution in [0.1, 0.15) is 9.68 Å². The molecule has 43 heavy (non-hydrogen) atoms. The molecular formula is C36H25N4O2Pt-. The molecule has 5 aromatic carbocycles. The third kappa shape index (κ3) is 4.75. The summed E-state index contributed by atoms with van der Waals surface area (Å²) in [4.78, 5) is 9.44. The van der Waals surface area contributed by atoms with E-state index in [9.17, 15) is 0 Å². The quantitative estimate of drug-likeness (QED) is 0.131. The Morgan fingerprint density at radius 1 is 0.721 bits per heavy atom. The average Bonchev–Trinajstić information content (AvgIpc) is 3.61. The number of benzene rings is 5. The van der Waals surface area contributed by atoms with E-state index in [0.29, 0.717) is 17.3 Å². The van der Waals surface area contributed by atoms with Crippen molar-refractivity contribution in [2.75, 3.05) is 10.1 Å². The zero-order chi connectivity index (χ0) is 30.5. The molecule has 0 radical (unpaired) electrons. The van der Waals surface area contributed by atoms with Crippen molar-refractivity contribution in [1.29, 1.82) is 0 Å². The van der Waals surface area contributed by atoms with Crippen molar-refractivity contribution in [3.8, 4) is 17.3 Å². The second-order valence-corrected chi connectivity index (χ2v) is 9.88. The second-order valence-electron chi connectivity index (χ2n) is 9.88. The number of fused-ring (bicyclic) bond motifs is 4. The summed E-state index contributed by atoms with van der Waals surface area (Å²) in [5, 5.41) is 5.71. The molecule has 7 aromatic rings. The summed E-state index contributed by atoms with van der Waals surface area (Å²) in [5.74, 6) is 1.48. The van der Waals surface area contributed by atoms with E-state index in [1.807, 2.05) is 124 Å². The van der Waals surface area contributed by atoms with Crippen molar-refractivity contribution in [3.05, 3.63) is 145 Å². The fourth-order valence-electron chi connectivity index (χ4n) is 5.40. The number of hydrogen-bond donors (Lipinski definition) is 0. The van der Waals surface area contributed by atoms with Gasteiger partial charge in [-0.05, 0) is 60.3 Å². The number of rotatable bonds is 5. The number of anilines is 4. The molecule has 212 valence electrons. The van der Waals surface area contributed by atoms with E-state index in [1.165, 1.54) is 12.3 Å². The molecule has 0 spiro atoms. The van der Waals surface area contributed by atoms with Crippen molar-refractivity contribution in [2.24, 2.45) is 0 Å². The summed E-state index contributed by atoms with van der Waals surface area (Å²) >= 11 is 0. The van der Waals surface area contributed by atoms with Crippen LogP contribution in [-0.2, 0) is 21.1 Å². The van der Waals surface area contributed by atoms with Gasteiger partial charge in [-0.25, -0.2) is 4.98 Å². The van der Waals surface area contributed by atoms with Crippen LogP contribution in [0.5, 0.6) is 11.5 Å².